The molecule has 2 aromatic carbocycles. The number of anilines is 1. The summed E-state index contributed by atoms with van der Waals surface area (Å²) in [5.41, 5.74) is 1.97. The molecule has 0 spiro atoms. The topological polar surface area (TPSA) is 62.2 Å². The fourth-order valence-corrected chi connectivity index (χ4v) is 3.29. The van der Waals surface area contributed by atoms with Crippen LogP contribution in [0.25, 0.3) is 6.08 Å². The summed E-state index contributed by atoms with van der Waals surface area (Å²) in [5.74, 6) is 1.74. The van der Waals surface area contributed by atoms with Gasteiger partial charge in [-0.05, 0) is 48.0 Å². The lowest BCUT2D eigenvalue weighted by Gasteiger charge is -2.35. The minimum atomic E-state index is 0.00949. The van der Waals surface area contributed by atoms with Crippen LogP contribution in [0.3, 0.4) is 0 Å². The molecule has 140 valence electrons. The van der Waals surface area contributed by atoms with Crippen LogP contribution in [0.5, 0.6) is 17.2 Å². The van der Waals surface area contributed by atoms with Crippen molar-refractivity contribution in [1.82, 2.24) is 4.90 Å². The SMILES string of the molecule is O=C(/C=C/c1ccc2c(c1)OCCO2)N1CCN(c2ccc(O)cc2)CC1. The van der Waals surface area contributed by atoms with Crippen LogP contribution in [0.1, 0.15) is 5.56 Å². The number of rotatable bonds is 3. The average molecular weight is 366 g/mol. The number of hydrogen-bond acceptors (Lipinski definition) is 5. The van der Waals surface area contributed by atoms with Gasteiger partial charge in [-0.1, -0.05) is 6.07 Å². The van der Waals surface area contributed by atoms with E-state index in [2.05, 4.69) is 4.90 Å². The lowest BCUT2D eigenvalue weighted by Crippen LogP contribution is -2.48. The Morgan fingerprint density at radius 3 is 2.37 bits per heavy atom. The molecule has 0 unspecified atom stereocenters. The first kappa shape index (κ1) is 17.3. The van der Waals surface area contributed by atoms with Gasteiger partial charge in [0.25, 0.3) is 0 Å². The fraction of sp³-hybridized carbons (Fsp3) is 0.286. The fourth-order valence-electron chi connectivity index (χ4n) is 3.29. The van der Waals surface area contributed by atoms with E-state index in [9.17, 15) is 9.90 Å². The highest BCUT2D eigenvalue weighted by Crippen LogP contribution is 2.31. The Morgan fingerprint density at radius 2 is 1.63 bits per heavy atom. The lowest BCUT2D eigenvalue weighted by atomic mass is 10.1. The molecule has 1 fully saturated rings. The Kier molecular flexibility index (Phi) is 4.87. The largest absolute Gasteiger partial charge is 0.508 e. The number of aromatic hydroxyl groups is 1. The smallest absolute Gasteiger partial charge is 0.246 e. The molecule has 2 aromatic rings. The lowest BCUT2D eigenvalue weighted by molar-refractivity contribution is -0.126. The summed E-state index contributed by atoms with van der Waals surface area (Å²) in [7, 11) is 0. The standard InChI is InChI=1S/C21H22N2O4/c24-18-5-3-17(4-6-18)22-9-11-23(12-10-22)21(25)8-2-16-1-7-19-20(15-16)27-14-13-26-19/h1-8,15,24H,9-14H2/b8-2+. The second-order valence-electron chi connectivity index (χ2n) is 6.57. The minimum absolute atomic E-state index is 0.00949. The number of carbonyl (C=O) groups excluding carboxylic acids is 1. The zero-order valence-electron chi connectivity index (χ0n) is 15.0. The van der Waals surface area contributed by atoms with Crippen molar-refractivity contribution in [3.05, 3.63) is 54.1 Å². The molecule has 1 N–H and O–H groups in total. The first-order chi connectivity index (χ1) is 13.2. The van der Waals surface area contributed by atoms with E-state index in [4.69, 9.17) is 9.47 Å². The number of piperazine rings is 1. The van der Waals surface area contributed by atoms with Crippen LogP contribution in [-0.2, 0) is 4.79 Å². The number of fused-ring (bicyclic) bond motifs is 1. The second-order valence-corrected chi connectivity index (χ2v) is 6.57. The predicted octanol–water partition coefficient (Wildman–Crippen LogP) is 2.53. The van der Waals surface area contributed by atoms with Gasteiger partial charge in [0, 0.05) is 37.9 Å². The van der Waals surface area contributed by atoms with Gasteiger partial charge in [-0.25, -0.2) is 0 Å². The van der Waals surface area contributed by atoms with Crippen molar-refractivity contribution in [3.8, 4) is 17.2 Å². The predicted molar refractivity (Wildman–Crippen MR) is 103 cm³/mol. The van der Waals surface area contributed by atoms with Gasteiger partial charge in [-0.3, -0.25) is 4.79 Å². The zero-order chi connectivity index (χ0) is 18.6. The number of amides is 1. The number of carbonyl (C=O) groups is 1. The van der Waals surface area contributed by atoms with Crippen molar-refractivity contribution >= 4 is 17.7 Å². The summed E-state index contributed by atoms with van der Waals surface area (Å²) >= 11 is 0. The molecule has 2 aliphatic rings. The Morgan fingerprint density at radius 1 is 0.926 bits per heavy atom. The maximum Gasteiger partial charge on any atom is 0.246 e. The van der Waals surface area contributed by atoms with Crippen molar-refractivity contribution < 1.29 is 19.4 Å². The molecule has 27 heavy (non-hydrogen) atoms. The highest BCUT2D eigenvalue weighted by atomic mass is 16.6. The van der Waals surface area contributed by atoms with E-state index in [1.807, 2.05) is 41.3 Å². The van der Waals surface area contributed by atoms with Crippen LogP contribution in [0.2, 0.25) is 0 Å². The Bertz CT molecular complexity index is 840. The van der Waals surface area contributed by atoms with Crippen LogP contribution >= 0.6 is 0 Å². The number of phenols is 1. The van der Waals surface area contributed by atoms with Gasteiger partial charge in [0.2, 0.25) is 5.91 Å². The van der Waals surface area contributed by atoms with Gasteiger partial charge in [0.1, 0.15) is 19.0 Å². The van der Waals surface area contributed by atoms with E-state index < -0.39 is 0 Å². The summed E-state index contributed by atoms with van der Waals surface area (Å²) in [6.45, 7) is 4.00. The molecule has 1 saturated heterocycles. The maximum atomic E-state index is 12.5. The maximum absolute atomic E-state index is 12.5. The van der Waals surface area contributed by atoms with Crippen LogP contribution in [-0.4, -0.2) is 55.3 Å². The van der Waals surface area contributed by atoms with Crippen molar-refractivity contribution in [2.75, 3.05) is 44.3 Å². The molecule has 1 amide bonds. The molecule has 2 aliphatic heterocycles. The van der Waals surface area contributed by atoms with Crippen molar-refractivity contribution in [2.24, 2.45) is 0 Å². The summed E-state index contributed by atoms with van der Waals surface area (Å²) in [6.07, 6.45) is 3.43. The van der Waals surface area contributed by atoms with Gasteiger partial charge >= 0.3 is 0 Å². The monoisotopic (exact) mass is 366 g/mol. The van der Waals surface area contributed by atoms with Gasteiger partial charge in [-0.2, -0.15) is 0 Å². The number of nitrogens with zero attached hydrogens (tertiary/aromatic N) is 2. The van der Waals surface area contributed by atoms with E-state index in [1.165, 1.54) is 0 Å². The van der Waals surface area contributed by atoms with E-state index in [0.29, 0.717) is 26.3 Å². The molecule has 4 rings (SSSR count). The third kappa shape index (κ3) is 4.00. The van der Waals surface area contributed by atoms with Crippen molar-refractivity contribution in [3.63, 3.8) is 0 Å². The molecule has 6 nitrogen and oxygen atoms in total. The number of benzene rings is 2. The first-order valence-electron chi connectivity index (χ1n) is 9.10. The van der Waals surface area contributed by atoms with Crippen molar-refractivity contribution in [2.45, 2.75) is 0 Å². The van der Waals surface area contributed by atoms with Gasteiger partial charge in [0.15, 0.2) is 11.5 Å². The molecule has 0 aromatic heterocycles. The Hall–Kier alpha value is -3.15. The Labute approximate surface area is 158 Å². The van der Waals surface area contributed by atoms with Crippen LogP contribution < -0.4 is 14.4 Å². The minimum Gasteiger partial charge on any atom is -0.508 e. The molecule has 0 saturated carbocycles. The second kappa shape index (κ2) is 7.61. The van der Waals surface area contributed by atoms with Crippen LogP contribution in [0.15, 0.2) is 48.5 Å². The Balaban J connectivity index is 1.34. The third-order valence-corrected chi connectivity index (χ3v) is 4.79. The van der Waals surface area contributed by atoms with E-state index in [1.54, 1.807) is 18.2 Å². The summed E-state index contributed by atoms with van der Waals surface area (Å²) in [6, 6.07) is 12.8. The third-order valence-electron chi connectivity index (χ3n) is 4.79. The molecular formula is C21H22N2O4. The highest BCUT2D eigenvalue weighted by Gasteiger charge is 2.20. The molecular weight excluding hydrogens is 344 g/mol. The molecule has 2 heterocycles. The molecule has 0 bridgehead atoms. The number of ether oxygens (including phenoxy) is 2. The van der Waals surface area contributed by atoms with Crippen molar-refractivity contribution in [1.29, 1.82) is 0 Å². The molecule has 0 atom stereocenters. The normalized spacial score (nSPS) is 16.6. The molecule has 0 aliphatic carbocycles. The van der Waals surface area contributed by atoms with Gasteiger partial charge in [0.05, 0.1) is 0 Å². The van der Waals surface area contributed by atoms with Crippen LogP contribution in [0.4, 0.5) is 5.69 Å². The van der Waals surface area contributed by atoms with E-state index in [-0.39, 0.29) is 11.7 Å². The van der Waals surface area contributed by atoms with E-state index >= 15 is 0 Å². The van der Waals surface area contributed by atoms with Gasteiger partial charge < -0.3 is 24.4 Å². The van der Waals surface area contributed by atoms with E-state index in [0.717, 1.165) is 35.8 Å². The number of hydrogen-bond donors (Lipinski definition) is 1. The summed E-state index contributed by atoms with van der Waals surface area (Å²) in [4.78, 5) is 16.5. The van der Waals surface area contributed by atoms with Crippen LogP contribution in [0, 0.1) is 0 Å². The van der Waals surface area contributed by atoms with Gasteiger partial charge in [-0.15, -0.1) is 0 Å². The first-order valence-corrected chi connectivity index (χ1v) is 9.10. The zero-order valence-corrected chi connectivity index (χ0v) is 15.0. The quantitative estimate of drug-likeness (QED) is 0.846. The summed E-state index contributed by atoms with van der Waals surface area (Å²) in [5, 5.41) is 9.39. The summed E-state index contributed by atoms with van der Waals surface area (Å²) < 4.78 is 11.1. The molecule has 6 heteroatoms. The highest BCUT2D eigenvalue weighted by molar-refractivity contribution is 5.92. The number of phenolic OH excluding ortho intramolecular Hbond substituents is 1. The molecule has 0 radical (unpaired) electrons. The average Bonchev–Trinajstić information content (AvgIpc) is 2.72.